The van der Waals surface area contributed by atoms with Gasteiger partial charge in [0.1, 0.15) is 0 Å². The predicted octanol–water partition coefficient (Wildman–Crippen LogP) is 1.07. The average molecular weight is 338 g/mol. The lowest BCUT2D eigenvalue weighted by atomic mass is 9.86. The fourth-order valence-electron chi connectivity index (χ4n) is 4.26. The molecule has 24 heavy (non-hydrogen) atoms. The van der Waals surface area contributed by atoms with Crippen LogP contribution < -0.4 is 5.32 Å². The Morgan fingerprint density at radius 3 is 2.58 bits per heavy atom. The first-order valence-electron chi connectivity index (χ1n) is 9.33. The fourth-order valence-corrected chi connectivity index (χ4v) is 4.26. The van der Waals surface area contributed by atoms with Crippen LogP contribution in [-0.2, 0) is 14.3 Å². The second-order valence-electron chi connectivity index (χ2n) is 7.90. The monoisotopic (exact) mass is 338 g/mol. The number of hydrogen-bond acceptors (Lipinski definition) is 4. The van der Waals surface area contributed by atoms with E-state index in [1.807, 2.05) is 4.90 Å². The summed E-state index contributed by atoms with van der Waals surface area (Å²) >= 11 is 0. The molecular formula is C18H30N2O4. The van der Waals surface area contributed by atoms with Crippen molar-refractivity contribution in [1.29, 1.82) is 0 Å². The number of amides is 2. The van der Waals surface area contributed by atoms with Crippen LogP contribution in [-0.4, -0.2) is 59.8 Å². The van der Waals surface area contributed by atoms with Gasteiger partial charge in [-0.15, -0.1) is 0 Å². The molecule has 1 aliphatic carbocycles. The normalized spacial score (nSPS) is 33.5. The number of nitrogens with one attached hydrogen (secondary N) is 1. The molecule has 0 spiro atoms. The van der Waals surface area contributed by atoms with E-state index in [1.165, 1.54) is 12.8 Å². The zero-order valence-corrected chi connectivity index (χ0v) is 14.6. The van der Waals surface area contributed by atoms with Gasteiger partial charge in [-0.25, -0.2) is 0 Å². The maximum atomic E-state index is 12.7. The van der Waals surface area contributed by atoms with Crippen molar-refractivity contribution in [2.24, 2.45) is 11.8 Å². The summed E-state index contributed by atoms with van der Waals surface area (Å²) < 4.78 is 5.33. The topological polar surface area (TPSA) is 78.9 Å². The maximum absolute atomic E-state index is 12.7. The highest BCUT2D eigenvalue weighted by atomic mass is 16.5. The summed E-state index contributed by atoms with van der Waals surface area (Å²) in [6, 6.07) is 0.307. The largest absolute Gasteiger partial charge is 0.394 e. The van der Waals surface area contributed by atoms with Crippen molar-refractivity contribution in [3.63, 3.8) is 0 Å². The summed E-state index contributed by atoms with van der Waals surface area (Å²) in [6.45, 7) is 3.82. The van der Waals surface area contributed by atoms with Crippen LogP contribution in [0.25, 0.3) is 0 Å². The van der Waals surface area contributed by atoms with Crippen molar-refractivity contribution >= 4 is 11.8 Å². The summed E-state index contributed by atoms with van der Waals surface area (Å²) in [5, 5.41) is 12.7. The molecule has 3 rings (SSSR count). The van der Waals surface area contributed by atoms with Gasteiger partial charge in [-0.05, 0) is 44.4 Å². The molecule has 0 aromatic carbocycles. The van der Waals surface area contributed by atoms with E-state index in [4.69, 9.17) is 4.74 Å². The fraction of sp³-hybridized carbons (Fsp3) is 0.889. The highest BCUT2D eigenvalue weighted by Crippen LogP contribution is 2.31. The first-order valence-corrected chi connectivity index (χ1v) is 9.33. The average Bonchev–Trinajstić information content (AvgIpc) is 2.98. The first-order chi connectivity index (χ1) is 11.5. The molecule has 2 saturated heterocycles. The molecule has 2 heterocycles. The Hall–Kier alpha value is -1.14. The summed E-state index contributed by atoms with van der Waals surface area (Å²) in [4.78, 5) is 27.0. The van der Waals surface area contributed by atoms with Crippen LogP contribution >= 0.6 is 0 Å². The van der Waals surface area contributed by atoms with E-state index in [0.717, 1.165) is 18.8 Å². The van der Waals surface area contributed by atoms with Crippen molar-refractivity contribution in [3.8, 4) is 0 Å². The summed E-state index contributed by atoms with van der Waals surface area (Å²) in [5.74, 6) is 0.477. The number of ether oxygens (including phenoxy) is 1. The standard InChI is InChI=1S/C18H30N2O4/c1-13-2-4-15(5-3-13)20-11-14(10-16(20)22)17(23)19-18(12-21)6-8-24-9-7-18/h13-15,21H,2-12H2,1H3,(H,19,23). The number of carbonyl (C=O) groups is 2. The molecule has 1 atom stereocenters. The van der Waals surface area contributed by atoms with Crippen LogP contribution in [0.2, 0.25) is 0 Å². The van der Waals surface area contributed by atoms with Gasteiger partial charge in [0.05, 0.1) is 18.1 Å². The lowest BCUT2D eigenvalue weighted by molar-refractivity contribution is -0.131. The minimum absolute atomic E-state index is 0.0764. The quantitative estimate of drug-likeness (QED) is 0.804. The molecule has 6 nitrogen and oxygen atoms in total. The van der Waals surface area contributed by atoms with E-state index >= 15 is 0 Å². The molecule has 6 heteroatoms. The summed E-state index contributed by atoms with van der Waals surface area (Å²) in [6.07, 6.45) is 5.99. The van der Waals surface area contributed by atoms with E-state index in [2.05, 4.69) is 12.2 Å². The molecule has 3 aliphatic rings. The Kier molecular flexibility index (Phi) is 5.45. The van der Waals surface area contributed by atoms with E-state index in [-0.39, 0.29) is 24.3 Å². The number of rotatable bonds is 4. The Bertz CT molecular complexity index is 468. The highest BCUT2D eigenvalue weighted by Gasteiger charge is 2.41. The molecule has 136 valence electrons. The zero-order chi connectivity index (χ0) is 17.2. The number of aliphatic hydroxyl groups is 1. The van der Waals surface area contributed by atoms with Crippen LogP contribution in [0.3, 0.4) is 0 Å². The van der Waals surface area contributed by atoms with Gasteiger partial charge >= 0.3 is 0 Å². The third kappa shape index (κ3) is 3.75. The Morgan fingerprint density at radius 2 is 1.96 bits per heavy atom. The van der Waals surface area contributed by atoms with Gasteiger partial charge in [0.15, 0.2) is 0 Å². The zero-order valence-electron chi connectivity index (χ0n) is 14.6. The number of carbonyl (C=O) groups excluding carboxylic acids is 2. The molecule has 2 aliphatic heterocycles. The molecule has 1 saturated carbocycles. The lowest BCUT2D eigenvalue weighted by Gasteiger charge is -2.37. The summed E-state index contributed by atoms with van der Waals surface area (Å²) in [7, 11) is 0. The Labute approximate surface area is 143 Å². The van der Waals surface area contributed by atoms with Gasteiger partial charge in [-0.3, -0.25) is 9.59 Å². The summed E-state index contributed by atoms with van der Waals surface area (Å²) in [5.41, 5.74) is -0.577. The number of hydrogen-bond donors (Lipinski definition) is 2. The van der Waals surface area contributed by atoms with Gasteiger partial charge in [-0.2, -0.15) is 0 Å². The first kappa shape index (κ1) is 17.7. The maximum Gasteiger partial charge on any atom is 0.225 e. The number of nitrogens with zero attached hydrogens (tertiary/aromatic N) is 1. The minimum Gasteiger partial charge on any atom is -0.394 e. The predicted molar refractivity (Wildman–Crippen MR) is 89.3 cm³/mol. The third-order valence-corrected chi connectivity index (χ3v) is 6.10. The number of aliphatic hydroxyl groups excluding tert-OH is 1. The van der Waals surface area contributed by atoms with Crippen molar-refractivity contribution in [1.82, 2.24) is 10.2 Å². The van der Waals surface area contributed by atoms with Gasteiger partial charge < -0.3 is 20.1 Å². The van der Waals surface area contributed by atoms with Gasteiger partial charge in [0, 0.05) is 32.2 Å². The van der Waals surface area contributed by atoms with Crippen LogP contribution in [0.4, 0.5) is 0 Å². The molecule has 0 aromatic heterocycles. The van der Waals surface area contributed by atoms with Crippen molar-refractivity contribution in [2.75, 3.05) is 26.4 Å². The van der Waals surface area contributed by atoms with Crippen molar-refractivity contribution in [3.05, 3.63) is 0 Å². The molecule has 0 radical (unpaired) electrons. The van der Waals surface area contributed by atoms with E-state index in [9.17, 15) is 14.7 Å². The van der Waals surface area contributed by atoms with Gasteiger partial charge in [0.25, 0.3) is 0 Å². The SMILES string of the molecule is CC1CCC(N2CC(C(=O)NC3(CO)CCOCC3)CC2=O)CC1. The van der Waals surface area contributed by atoms with Gasteiger partial charge in [0.2, 0.25) is 11.8 Å². The molecule has 2 amide bonds. The van der Waals surface area contributed by atoms with Gasteiger partial charge in [-0.1, -0.05) is 6.92 Å². The van der Waals surface area contributed by atoms with Crippen molar-refractivity contribution in [2.45, 2.75) is 63.5 Å². The van der Waals surface area contributed by atoms with Crippen LogP contribution in [0.5, 0.6) is 0 Å². The van der Waals surface area contributed by atoms with Crippen LogP contribution in [0.15, 0.2) is 0 Å². The Morgan fingerprint density at radius 1 is 1.29 bits per heavy atom. The van der Waals surface area contributed by atoms with Crippen molar-refractivity contribution < 1.29 is 19.4 Å². The molecule has 1 unspecified atom stereocenters. The second kappa shape index (κ2) is 7.40. The molecule has 2 N–H and O–H groups in total. The molecule has 0 aromatic rings. The number of likely N-dealkylation sites (tertiary alicyclic amines) is 1. The highest BCUT2D eigenvalue weighted by molar-refractivity contribution is 5.89. The molecule has 0 bridgehead atoms. The van der Waals surface area contributed by atoms with Crippen LogP contribution in [0, 0.1) is 11.8 Å². The van der Waals surface area contributed by atoms with Crippen LogP contribution in [0.1, 0.15) is 51.9 Å². The third-order valence-electron chi connectivity index (χ3n) is 6.10. The minimum atomic E-state index is -0.577. The Balaban J connectivity index is 1.57. The van der Waals surface area contributed by atoms with E-state index in [1.54, 1.807) is 0 Å². The lowest BCUT2D eigenvalue weighted by Crippen LogP contribution is -2.56. The molecule has 3 fully saturated rings. The van der Waals surface area contributed by atoms with E-state index < -0.39 is 5.54 Å². The van der Waals surface area contributed by atoms with E-state index in [0.29, 0.717) is 45.1 Å². The smallest absolute Gasteiger partial charge is 0.225 e. The second-order valence-corrected chi connectivity index (χ2v) is 7.90. The molecular weight excluding hydrogens is 308 g/mol.